The van der Waals surface area contributed by atoms with Gasteiger partial charge in [0.1, 0.15) is 0 Å². The third-order valence-corrected chi connectivity index (χ3v) is 2.76. The van der Waals surface area contributed by atoms with E-state index in [1.807, 2.05) is 24.8 Å². The number of nitrogens with zero attached hydrogens (tertiary/aromatic N) is 1. The predicted molar refractivity (Wildman–Crippen MR) is 58.1 cm³/mol. The highest BCUT2D eigenvalue weighted by molar-refractivity contribution is 5.83. The van der Waals surface area contributed by atoms with Crippen molar-refractivity contribution in [2.45, 2.75) is 38.8 Å². The van der Waals surface area contributed by atoms with E-state index >= 15 is 0 Å². The Morgan fingerprint density at radius 2 is 2.50 bits per heavy atom. The van der Waals surface area contributed by atoms with Crippen LogP contribution in [0.3, 0.4) is 0 Å². The van der Waals surface area contributed by atoms with Gasteiger partial charge in [0, 0.05) is 12.6 Å². The Kier molecular flexibility index (Phi) is 4.14. The first kappa shape index (κ1) is 11.2. The number of carbonyl (C=O) groups is 1. The first-order valence-corrected chi connectivity index (χ1v) is 5.37. The van der Waals surface area contributed by atoms with Gasteiger partial charge in [-0.1, -0.05) is 13.0 Å². The molecule has 0 saturated carbocycles. The second-order valence-electron chi connectivity index (χ2n) is 3.76. The molecule has 0 spiro atoms. The van der Waals surface area contributed by atoms with Crippen LogP contribution < -0.4 is 5.32 Å². The fourth-order valence-electron chi connectivity index (χ4n) is 1.87. The zero-order valence-corrected chi connectivity index (χ0v) is 9.12. The van der Waals surface area contributed by atoms with Gasteiger partial charge in [0.2, 0.25) is 5.91 Å². The summed E-state index contributed by atoms with van der Waals surface area (Å²) in [5.41, 5.74) is 0. The van der Waals surface area contributed by atoms with Crippen molar-refractivity contribution < 1.29 is 4.79 Å². The van der Waals surface area contributed by atoms with E-state index in [0.29, 0.717) is 0 Å². The van der Waals surface area contributed by atoms with E-state index in [0.717, 1.165) is 25.9 Å². The summed E-state index contributed by atoms with van der Waals surface area (Å²) >= 11 is 0. The molecule has 1 fully saturated rings. The first-order chi connectivity index (χ1) is 6.70. The fourth-order valence-corrected chi connectivity index (χ4v) is 1.87. The van der Waals surface area contributed by atoms with Gasteiger partial charge >= 0.3 is 0 Å². The molecule has 1 aliphatic heterocycles. The number of hydrogen-bond donors (Lipinski definition) is 1. The van der Waals surface area contributed by atoms with Crippen molar-refractivity contribution in [3.63, 3.8) is 0 Å². The lowest BCUT2D eigenvalue weighted by molar-refractivity contribution is -0.137. The highest BCUT2D eigenvalue weighted by Crippen LogP contribution is 2.14. The molecule has 0 aromatic carbocycles. The van der Waals surface area contributed by atoms with Crippen molar-refractivity contribution in [1.82, 2.24) is 10.2 Å². The van der Waals surface area contributed by atoms with Crippen LogP contribution in [0, 0.1) is 0 Å². The van der Waals surface area contributed by atoms with E-state index < -0.39 is 0 Å². The molecule has 0 radical (unpaired) electrons. The van der Waals surface area contributed by atoms with Crippen LogP contribution in [0.4, 0.5) is 0 Å². The van der Waals surface area contributed by atoms with E-state index in [9.17, 15) is 4.79 Å². The van der Waals surface area contributed by atoms with Gasteiger partial charge in [0.25, 0.3) is 0 Å². The number of amides is 1. The molecule has 0 aliphatic carbocycles. The minimum atomic E-state index is 0.0242. The van der Waals surface area contributed by atoms with Gasteiger partial charge in [-0.15, -0.1) is 6.58 Å². The summed E-state index contributed by atoms with van der Waals surface area (Å²) in [5, 5.41) is 3.22. The Labute approximate surface area is 86.2 Å². The minimum absolute atomic E-state index is 0.0242. The van der Waals surface area contributed by atoms with Gasteiger partial charge < -0.3 is 10.2 Å². The van der Waals surface area contributed by atoms with Crippen LogP contribution >= 0.6 is 0 Å². The quantitative estimate of drug-likeness (QED) is 0.684. The average Bonchev–Trinajstić information content (AvgIpc) is 2.20. The van der Waals surface area contributed by atoms with Crippen molar-refractivity contribution in [1.29, 1.82) is 0 Å². The van der Waals surface area contributed by atoms with E-state index in [-0.39, 0.29) is 18.0 Å². The summed E-state index contributed by atoms with van der Waals surface area (Å²) in [6, 6.07) is 0.181. The van der Waals surface area contributed by atoms with Crippen LogP contribution in [0.15, 0.2) is 12.7 Å². The van der Waals surface area contributed by atoms with Crippen LogP contribution in [-0.2, 0) is 4.79 Å². The highest BCUT2D eigenvalue weighted by Gasteiger charge is 2.29. The number of likely N-dealkylation sites (N-methyl/N-ethyl adjacent to an activating group) is 1. The van der Waals surface area contributed by atoms with Gasteiger partial charge in [-0.05, 0) is 26.3 Å². The Morgan fingerprint density at radius 1 is 1.79 bits per heavy atom. The lowest BCUT2D eigenvalue weighted by Crippen LogP contribution is -2.53. The SMILES string of the molecule is C=CC(C)N1CCCC(NCC)C1=O. The molecule has 2 atom stereocenters. The number of carbonyl (C=O) groups excluding carboxylic acids is 1. The highest BCUT2D eigenvalue weighted by atomic mass is 16.2. The van der Waals surface area contributed by atoms with Gasteiger partial charge in [0.15, 0.2) is 0 Å². The standard InChI is InChI=1S/C11H20N2O/c1-4-9(3)13-8-6-7-10(11(13)14)12-5-2/h4,9-10,12H,1,5-8H2,2-3H3. The first-order valence-electron chi connectivity index (χ1n) is 5.37. The second-order valence-corrected chi connectivity index (χ2v) is 3.76. The van der Waals surface area contributed by atoms with Crippen LogP contribution in [0.25, 0.3) is 0 Å². The third kappa shape index (κ3) is 2.35. The molecule has 1 N–H and O–H groups in total. The van der Waals surface area contributed by atoms with Crippen LogP contribution in [0.1, 0.15) is 26.7 Å². The largest absolute Gasteiger partial charge is 0.335 e. The van der Waals surface area contributed by atoms with Crippen molar-refractivity contribution in [2.24, 2.45) is 0 Å². The topological polar surface area (TPSA) is 32.3 Å². The molecule has 1 saturated heterocycles. The summed E-state index contributed by atoms with van der Waals surface area (Å²) in [7, 11) is 0. The van der Waals surface area contributed by atoms with E-state index in [2.05, 4.69) is 11.9 Å². The summed E-state index contributed by atoms with van der Waals surface area (Å²) < 4.78 is 0. The number of likely N-dealkylation sites (tertiary alicyclic amines) is 1. The van der Waals surface area contributed by atoms with E-state index in [4.69, 9.17) is 0 Å². The van der Waals surface area contributed by atoms with Gasteiger partial charge in [0.05, 0.1) is 6.04 Å². The Bertz CT molecular complexity index is 213. The zero-order chi connectivity index (χ0) is 10.6. The number of nitrogens with one attached hydrogen (secondary N) is 1. The van der Waals surface area contributed by atoms with Crippen molar-refractivity contribution in [2.75, 3.05) is 13.1 Å². The van der Waals surface area contributed by atoms with Crippen molar-refractivity contribution in [3.8, 4) is 0 Å². The molecule has 0 aromatic rings. The maximum Gasteiger partial charge on any atom is 0.240 e. The summed E-state index contributed by atoms with van der Waals surface area (Å²) in [6.45, 7) is 9.49. The number of rotatable bonds is 4. The Hall–Kier alpha value is -0.830. The molecule has 14 heavy (non-hydrogen) atoms. The minimum Gasteiger partial charge on any atom is -0.335 e. The summed E-state index contributed by atoms with van der Waals surface area (Å²) in [4.78, 5) is 13.8. The van der Waals surface area contributed by atoms with E-state index in [1.54, 1.807) is 0 Å². The zero-order valence-electron chi connectivity index (χ0n) is 9.12. The normalized spacial score (nSPS) is 24.9. The van der Waals surface area contributed by atoms with Crippen LogP contribution in [0.5, 0.6) is 0 Å². The molecule has 1 heterocycles. The van der Waals surface area contributed by atoms with Gasteiger partial charge in [-0.25, -0.2) is 0 Å². The molecule has 1 aliphatic rings. The Morgan fingerprint density at radius 3 is 3.07 bits per heavy atom. The lowest BCUT2D eigenvalue weighted by atomic mass is 10.0. The molecule has 3 nitrogen and oxygen atoms in total. The molecule has 1 rings (SSSR count). The maximum absolute atomic E-state index is 11.9. The molecular formula is C11H20N2O. The summed E-state index contributed by atoms with van der Waals surface area (Å²) in [6.07, 6.45) is 3.88. The fraction of sp³-hybridized carbons (Fsp3) is 0.727. The van der Waals surface area contributed by atoms with Crippen molar-refractivity contribution >= 4 is 5.91 Å². The van der Waals surface area contributed by atoms with Gasteiger partial charge in [-0.3, -0.25) is 4.79 Å². The molecule has 0 aromatic heterocycles. The van der Waals surface area contributed by atoms with Gasteiger partial charge in [-0.2, -0.15) is 0 Å². The second kappa shape index (κ2) is 5.15. The third-order valence-electron chi connectivity index (χ3n) is 2.76. The molecule has 2 unspecified atom stereocenters. The summed E-state index contributed by atoms with van der Waals surface area (Å²) in [5.74, 6) is 0.227. The molecule has 1 amide bonds. The molecular weight excluding hydrogens is 176 g/mol. The van der Waals surface area contributed by atoms with Crippen molar-refractivity contribution in [3.05, 3.63) is 12.7 Å². The molecule has 80 valence electrons. The van der Waals surface area contributed by atoms with Crippen LogP contribution in [-0.4, -0.2) is 36.0 Å². The predicted octanol–water partition coefficient (Wildman–Crippen LogP) is 1.16. The van der Waals surface area contributed by atoms with E-state index in [1.165, 1.54) is 0 Å². The smallest absolute Gasteiger partial charge is 0.240 e. The molecule has 3 heteroatoms. The average molecular weight is 196 g/mol. The molecule has 0 bridgehead atoms. The maximum atomic E-state index is 11.9. The number of piperidine rings is 1. The lowest BCUT2D eigenvalue weighted by Gasteiger charge is -2.35. The number of hydrogen-bond acceptors (Lipinski definition) is 2. The van der Waals surface area contributed by atoms with Crippen LogP contribution in [0.2, 0.25) is 0 Å². The monoisotopic (exact) mass is 196 g/mol. The Balaban J connectivity index is 2.60.